The number of para-hydroxylation sites is 1. The Kier molecular flexibility index (Phi) is 3.07. The summed E-state index contributed by atoms with van der Waals surface area (Å²) in [5, 5.41) is 4.89. The summed E-state index contributed by atoms with van der Waals surface area (Å²) in [6, 6.07) is 25.9. The number of hydrogen-bond acceptors (Lipinski definition) is 2. The van der Waals surface area contributed by atoms with Crippen molar-refractivity contribution in [1.29, 1.82) is 0 Å². The van der Waals surface area contributed by atoms with Gasteiger partial charge in [-0.25, -0.2) is 0 Å². The van der Waals surface area contributed by atoms with Crippen LogP contribution in [0.15, 0.2) is 72.8 Å². The van der Waals surface area contributed by atoms with Crippen molar-refractivity contribution in [1.82, 2.24) is 0 Å². The summed E-state index contributed by atoms with van der Waals surface area (Å²) in [4.78, 5) is 1.49. The molecule has 0 fully saturated rings. The van der Waals surface area contributed by atoms with Gasteiger partial charge in [0, 0.05) is 37.3 Å². The van der Waals surface area contributed by atoms with Gasteiger partial charge in [-0.3, -0.25) is 0 Å². The van der Waals surface area contributed by atoms with E-state index in [-0.39, 0.29) is 5.41 Å². The molecule has 2 heteroatoms. The smallest absolute Gasteiger partial charge is 0.0391 e. The van der Waals surface area contributed by atoms with Crippen molar-refractivity contribution in [2.75, 3.05) is 5.32 Å². The Morgan fingerprint density at radius 2 is 1.56 bits per heavy atom. The Morgan fingerprint density at radius 3 is 2.40 bits per heavy atom. The second kappa shape index (κ2) is 5.21. The number of hydrogen-bond donors (Lipinski definition) is 1. The highest BCUT2D eigenvalue weighted by Crippen LogP contribution is 2.55. The summed E-state index contributed by atoms with van der Waals surface area (Å²) in [5.41, 5.74) is 6.61. The molecule has 0 amide bonds. The third-order valence-corrected chi connectivity index (χ3v) is 6.68. The molecule has 1 aromatic heterocycles. The van der Waals surface area contributed by atoms with Crippen LogP contribution in [0.25, 0.3) is 21.2 Å². The second-order valence-corrected chi connectivity index (χ2v) is 8.23. The van der Waals surface area contributed by atoms with Crippen LogP contribution in [-0.2, 0) is 5.41 Å². The van der Waals surface area contributed by atoms with Crippen LogP contribution >= 0.6 is 11.3 Å². The van der Waals surface area contributed by atoms with E-state index < -0.39 is 0 Å². The summed E-state index contributed by atoms with van der Waals surface area (Å²) in [6.45, 7) is 4.69. The molecule has 0 atom stereocenters. The van der Waals surface area contributed by atoms with Crippen LogP contribution in [0.2, 0.25) is 0 Å². The van der Waals surface area contributed by atoms with Gasteiger partial charge in [0.2, 0.25) is 0 Å². The minimum absolute atomic E-state index is 0.0859. The first-order chi connectivity index (χ1) is 12.1. The molecule has 4 aromatic rings. The highest BCUT2D eigenvalue weighted by Gasteiger charge is 2.38. The fourth-order valence-corrected chi connectivity index (χ4v) is 5.25. The molecule has 0 unspecified atom stereocenters. The third-order valence-electron chi connectivity index (χ3n) is 5.19. The Balaban J connectivity index is 1.70. The SMILES string of the molecule is CC1(C)c2ccccc2-c2c1sc1ccc(Nc3ccccc3)cc21. The van der Waals surface area contributed by atoms with Gasteiger partial charge in [-0.15, -0.1) is 11.3 Å². The number of nitrogens with one attached hydrogen (secondary N) is 1. The van der Waals surface area contributed by atoms with Crippen molar-refractivity contribution in [3.63, 3.8) is 0 Å². The van der Waals surface area contributed by atoms with Gasteiger partial charge in [-0.2, -0.15) is 0 Å². The first-order valence-corrected chi connectivity index (χ1v) is 9.45. The number of rotatable bonds is 2. The summed E-state index contributed by atoms with van der Waals surface area (Å²) < 4.78 is 1.37. The van der Waals surface area contributed by atoms with Gasteiger partial charge in [-0.05, 0) is 41.5 Å². The Labute approximate surface area is 152 Å². The highest BCUT2D eigenvalue weighted by atomic mass is 32.1. The van der Waals surface area contributed by atoms with Gasteiger partial charge in [0.25, 0.3) is 0 Å². The van der Waals surface area contributed by atoms with Gasteiger partial charge in [0.1, 0.15) is 0 Å². The van der Waals surface area contributed by atoms with Crippen LogP contribution in [0.1, 0.15) is 24.3 Å². The highest BCUT2D eigenvalue weighted by molar-refractivity contribution is 7.20. The van der Waals surface area contributed by atoms with Gasteiger partial charge < -0.3 is 5.32 Å². The van der Waals surface area contributed by atoms with E-state index in [4.69, 9.17) is 0 Å². The molecule has 1 aliphatic carbocycles. The average molecular weight is 341 g/mol. The third kappa shape index (κ3) is 2.14. The standard InChI is InChI=1S/C23H19NS/c1-23(2)19-11-7-6-10-17(19)21-18-14-16(12-13-20(18)25-22(21)23)24-15-8-4-3-5-9-15/h3-14,24H,1-2H3. The Bertz CT molecular complexity index is 1090. The van der Waals surface area contributed by atoms with E-state index in [1.165, 1.54) is 31.7 Å². The molecule has 0 saturated heterocycles. The predicted octanol–water partition coefficient (Wildman–Crippen LogP) is 6.95. The van der Waals surface area contributed by atoms with Crippen LogP contribution in [0.3, 0.4) is 0 Å². The maximum Gasteiger partial charge on any atom is 0.0391 e. The van der Waals surface area contributed by atoms with Crippen molar-refractivity contribution in [3.05, 3.63) is 83.2 Å². The molecule has 0 spiro atoms. The van der Waals surface area contributed by atoms with E-state index in [2.05, 4.69) is 85.9 Å². The maximum absolute atomic E-state index is 3.53. The molecule has 0 bridgehead atoms. The van der Waals surface area contributed by atoms with E-state index in [1.54, 1.807) is 0 Å². The molecule has 25 heavy (non-hydrogen) atoms. The van der Waals surface area contributed by atoms with Gasteiger partial charge >= 0.3 is 0 Å². The molecule has 1 heterocycles. The lowest BCUT2D eigenvalue weighted by Gasteiger charge is -2.19. The molecule has 1 aliphatic rings. The van der Waals surface area contributed by atoms with Gasteiger partial charge in [0.05, 0.1) is 0 Å². The molecule has 1 nitrogen and oxygen atoms in total. The number of anilines is 2. The lowest BCUT2D eigenvalue weighted by molar-refractivity contribution is 0.674. The monoisotopic (exact) mass is 341 g/mol. The predicted molar refractivity (Wildman–Crippen MR) is 109 cm³/mol. The lowest BCUT2D eigenvalue weighted by atomic mass is 9.87. The topological polar surface area (TPSA) is 12.0 Å². The molecule has 5 rings (SSSR count). The van der Waals surface area contributed by atoms with Crippen molar-refractivity contribution in [3.8, 4) is 11.1 Å². The zero-order chi connectivity index (χ0) is 17.0. The zero-order valence-electron chi connectivity index (χ0n) is 14.3. The van der Waals surface area contributed by atoms with E-state index in [0.29, 0.717) is 0 Å². The van der Waals surface area contributed by atoms with Crippen molar-refractivity contribution < 1.29 is 0 Å². The molecule has 122 valence electrons. The Morgan fingerprint density at radius 1 is 0.800 bits per heavy atom. The minimum atomic E-state index is 0.0859. The minimum Gasteiger partial charge on any atom is -0.356 e. The van der Waals surface area contributed by atoms with Crippen molar-refractivity contribution in [2.24, 2.45) is 0 Å². The van der Waals surface area contributed by atoms with E-state index in [9.17, 15) is 0 Å². The summed E-state index contributed by atoms with van der Waals surface area (Å²) in [6.07, 6.45) is 0. The average Bonchev–Trinajstić information content (AvgIpc) is 3.11. The normalized spacial score (nSPS) is 14.3. The molecule has 1 N–H and O–H groups in total. The zero-order valence-corrected chi connectivity index (χ0v) is 15.2. The van der Waals surface area contributed by atoms with Crippen LogP contribution in [0, 0.1) is 0 Å². The van der Waals surface area contributed by atoms with Crippen LogP contribution in [0.5, 0.6) is 0 Å². The fourth-order valence-electron chi connectivity index (χ4n) is 3.94. The first kappa shape index (κ1) is 14.7. The molecule has 0 radical (unpaired) electrons. The molecular formula is C23H19NS. The summed E-state index contributed by atoms with van der Waals surface area (Å²) in [7, 11) is 0. The Hall–Kier alpha value is -2.58. The molecule has 0 saturated carbocycles. The first-order valence-electron chi connectivity index (χ1n) is 8.63. The number of fused-ring (bicyclic) bond motifs is 5. The van der Waals surface area contributed by atoms with E-state index in [0.717, 1.165) is 11.4 Å². The van der Waals surface area contributed by atoms with Gasteiger partial charge in [-0.1, -0.05) is 56.3 Å². The maximum atomic E-state index is 3.53. The number of benzene rings is 3. The molecule has 0 aliphatic heterocycles. The van der Waals surface area contributed by atoms with Crippen LogP contribution in [-0.4, -0.2) is 0 Å². The molecule has 3 aromatic carbocycles. The van der Waals surface area contributed by atoms with Crippen LogP contribution in [0.4, 0.5) is 11.4 Å². The second-order valence-electron chi connectivity index (χ2n) is 7.18. The molecular weight excluding hydrogens is 322 g/mol. The van der Waals surface area contributed by atoms with Gasteiger partial charge in [0.15, 0.2) is 0 Å². The largest absolute Gasteiger partial charge is 0.356 e. The summed E-state index contributed by atoms with van der Waals surface area (Å²) >= 11 is 1.94. The van der Waals surface area contributed by atoms with Crippen LogP contribution < -0.4 is 5.32 Å². The quantitative estimate of drug-likeness (QED) is 0.416. The number of thiophene rings is 1. The lowest BCUT2D eigenvalue weighted by Crippen LogP contribution is -2.13. The van der Waals surface area contributed by atoms with Crippen molar-refractivity contribution in [2.45, 2.75) is 19.3 Å². The van der Waals surface area contributed by atoms with E-state index in [1.807, 2.05) is 17.4 Å². The van der Waals surface area contributed by atoms with E-state index >= 15 is 0 Å². The van der Waals surface area contributed by atoms with Crippen molar-refractivity contribution >= 4 is 32.8 Å². The summed E-state index contributed by atoms with van der Waals surface area (Å²) in [5.74, 6) is 0. The fraction of sp³-hybridized carbons (Fsp3) is 0.130.